The van der Waals surface area contributed by atoms with Gasteiger partial charge in [-0.05, 0) is 43.7 Å². The zero-order valence-corrected chi connectivity index (χ0v) is 25.6. The van der Waals surface area contributed by atoms with Crippen LogP contribution in [0.4, 0.5) is 43.9 Å². The molecule has 0 bridgehead atoms. The molecule has 0 saturated carbocycles. The predicted octanol–water partition coefficient (Wildman–Crippen LogP) is 8.82. The molecule has 0 saturated heterocycles. The Kier molecular flexibility index (Phi) is 14.6. The van der Waals surface area contributed by atoms with E-state index in [2.05, 4.69) is 100 Å². The van der Waals surface area contributed by atoms with Crippen LogP contribution in [0.5, 0.6) is 0 Å². The fourth-order valence-electron chi connectivity index (χ4n) is 3.48. The molecule has 0 radical (unpaired) electrons. The van der Waals surface area contributed by atoms with Gasteiger partial charge in [-0.1, -0.05) is 54.6 Å². The fourth-order valence-corrected chi connectivity index (χ4v) is 6.42. The Morgan fingerprint density at radius 1 is 0.409 bits per heavy atom. The zero-order chi connectivity index (χ0) is 33.0. The molecule has 0 aliphatic rings. The van der Waals surface area contributed by atoms with Crippen molar-refractivity contribution >= 4 is 32.4 Å². The van der Waals surface area contributed by atoms with Crippen molar-refractivity contribution in [3.63, 3.8) is 0 Å². The number of hydrogen-bond acceptors (Lipinski definition) is 0. The Hall–Kier alpha value is -3.14. The number of rotatable bonds is 3. The van der Waals surface area contributed by atoms with Crippen LogP contribution in [0, 0.1) is 77.0 Å². The van der Waals surface area contributed by atoms with Gasteiger partial charge < -0.3 is 0 Å². The number of hydrogen-bond donors (Lipinski definition) is 0. The molecule has 13 heteroatoms. The molecule has 0 fully saturated rings. The van der Waals surface area contributed by atoms with Gasteiger partial charge in [0.25, 0.3) is 0 Å². The second-order valence-electron chi connectivity index (χ2n) is 8.21. The van der Waals surface area contributed by atoms with Crippen molar-refractivity contribution in [2.75, 3.05) is 0 Å². The first-order valence-corrected chi connectivity index (χ1v) is 16.4. The second kappa shape index (κ2) is 17.4. The van der Waals surface area contributed by atoms with Gasteiger partial charge in [-0.25, -0.2) is 26.3 Å². The molecule has 0 amide bonds. The molecule has 0 aliphatic carbocycles. The van der Waals surface area contributed by atoms with E-state index in [9.17, 15) is 43.9 Å². The quantitative estimate of drug-likeness (QED) is 0.0426. The summed E-state index contributed by atoms with van der Waals surface area (Å²) in [5.41, 5.74) is 0. The van der Waals surface area contributed by atoms with E-state index >= 15 is 0 Å². The Balaban J connectivity index is 0.000000241. The topological polar surface area (TPSA) is 0 Å². The molecule has 0 aliphatic heterocycles. The van der Waals surface area contributed by atoms with Gasteiger partial charge in [0.05, 0.1) is 74.1 Å². The van der Waals surface area contributed by atoms with E-state index in [1.807, 2.05) is 0 Å². The molecule has 0 atom stereocenters. The number of benzene rings is 5. The molecule has 0 N–H and O–H groups in total. The predicted molar refractivity (Wildman–Crippen MR) is 146 cm³/mol. The van der Waals surface area contributed by atoms with Crippen molar-refractivity contribution in [3.05, 3.63) is 168 Å². The monoisotopic (exact) mass is 842 g/mol. The molecule has 44 heavy (non-hydrogen) atoms. The summed E-state index contributed by atoms with van der Waals surface area (Å²) < 4.78 is 120. The van der Waals surface area contributed by atoms with Crippen molar-refractivity contribution in [2.24, 2.45) is 0 Å². The van der Waals surface area contributed by atoms with Crippen LogP contribution in [-0.4, -0.2) is 0 Å². The van der Waals surface area contributed by atoms with Gasteiger partial charge in [0, 0.05) is 0 Å². The third-order valence-corrected chi connectivity index (χ3v) is 9.11. The van der Waals surface area contributed by atoms with Crippen LogP contribution in [0.15, 0.2) is 91.0 Å². The minimum atomic E-state index is -2.17. The van der Waals surface area contributed by atoms with Crippen LogP contribution >= 0.6 is 16.5 Å². The fraction of sp³-hybridized carbons (Fsp3) is 0. The SMILES string of the molecule is Fc1[c-]c(F)c(F)c(F)c1F.Fc1[c-]c(F)c(F)c(F)c1F.[CH2-][P+](c1ccccc1)(c1ccccc1)c1ccccc1.[Cl][Au]. The zero-order valence-electron chi connectivity index (χ0n) is 21.8. The summed E-state index contributed by atoms with van der Waals surface area (Å²) >= 11 is 1.75. The molecule has 0 heterocycles. The van der Waals surface area contributed by atoms with Crippen LogP contribution in [0.2, 0.25) is 0 Å². The first-order chi connectivity index (χ1) is 20.9. The summed E-state index contributed by atoms with van der Waals surface area (Å²) in [4.78, 5) is 0. The van der Waals surface area contributed by atoms with Crippen molar-refractivity contribution < 1.29 is 63.9 Å². The Labute approximate surface area is 263 Å². The van der Waals surface area contributed by atoms with Crippen LogP contribution in [-0.2, 0) is 20.0 Å². The van der Waals surface area contributed by atoms with Crippen LogP contribution in [0.3, 0.4) is 0 Å². The second-order valence-corrected chi connectivity index (χ2v) is 11.4. The van der Waals surface area contributed by atoms with E-state index in [0.29, 0.717) is 0 Å². The molecular formula is C31H17AuClF10P-2. The molecule has 5 aromatic carbocycles. The van der Waals surface area contributed by atoms with Crippen molar-refractivity contribution in [1.29, 1.82) is 0 Å². The third kappa shape index (κ3) is 8.96. The molecule has 5 aromatic rings. The van der Waals surface area contributed by atoms with Crippen LogP contribution in [0.25, 0.3) is 0 Å². The summed E-state index contributed by atoms with van der Waals surface area (Å²) in [5.74, 6) is -20.1. The minimum absolute atomic E-state index is 1.02. The van der Waals surface area contributed by atoms with E-state index in [0.717, 1.165) is 12.1 Å². The third-order valence-electron chi connectivity index (χ3n) is 5.57. The summed E-state index contributed by atoms with van der Waals surface area (Å²) in [6.07, 6.45) is 0. The van der Waals surface area contributed by atoms with Crippen molar-refractivity contribution in [2.45, 2.75) is 0 Å². The van der Waals surface area contributed by atoms with Gasteiger partial charge in [0.2, 0.25) is 0 Å². The van der Waals surface area contributed by atoms with Gasteiger partial charge in [0.1, 0.15) is 0 Å². The van der Waals surface area contributed by atoms with Gasteiger partial charge in [-0.15, -0.1) is 12.1 Å². The van der Waals surface area contributed by atoms with E-state index in [-0.39, 0.29) is 0 Å². The average molecular weight is 843 g/mol. The van der Waals surface area contributed by atoms with E-state index in [4.69, 9.17) is 6.66 Å². The molecule has 0 aromatic heterocycles. The first-order valence-electron chi connectivity index (χ1n) is 11.7. The standard InChI is InChI=1S/C19H17P.2C6F5.Au.ClH/c1-20(17-11-5-2-6-12-17,18-13-7-3-8-14-18)19-15-9-4-10-16-19;2*7-2-1-3(8)5(10)6(11)4(2)9;;/h2-16H,1H2;;;;1H/q;2*-1;+1;/p-1. The summed E-state index contributed by atoms with van der Waals surface area (Å²) in [6.45, 7) is 4.69. The van der Waals surface area contributed by atoms with Crippen molar-refractivity contribution in [3.8, 4) is 0 Å². The number of halogens is 11. The van der Waals surface area contributed by atoms with Crippen LogP contribution < -0.4 is 15.9 Å². The maximum absolute atomic E-state index is 12.0. The maximum atomic E-state index is 12.0. The molecular weight excluding hydrogens is 826 g/mol. The normalized spacial score (nSPS) is 10.4. The van der Waals surface area contributed by atoms with Crippen LogP contribution in [0.1, 0.15) is 0 Å². The van der Waals surface area contributed by atoms with Crippen molar-refractivity contribution in [1.82, 2.24) is 0 Å². The average Bonchev–Trinajstić information content (AvgIpc) is 3.07. The van der Waals surface area contributed by atoms with E-state index in [1.54, 1.807) is 20.0 Å². The summed E-state index contributed by atoms with van der Waals surface area (Å²) in [5, 5.41) is 3.95. The van der Waals surface area contributed by atoms with E-state index in [1.165, 1.54) is 15.9 Å². The Bertz CT molecular complexity index is 1430. The van der Waals surface area contributed by atoms with E-state index < -0.39 is 65.4 Å². The summed E-state index contributed by atoms with van der Waals surface area (Å²) in [6, 6.07) is 34.0. The molecule has 236 valence electrons. The Morgan fingerprint density at radius 3 is 0.818 bits per heavy atom. The molecule has 0 spiro atoms. The van der Waals surface area contributed by atoms with Gasteiger partial charge in [-0.3, -0.25) is 17.6 Å². The van der Waals surface area contributed by atoms with Gasteiger partial charge in [0.15, 0.2) is 0 Å². The first kappa shape index (κ1) is 37.0. The molecule has 0 nitrogen and oxygen atoms in total. The van der Waals surface area contributed by atoms with Gasteiger partial charge in [-0.2, -0.15) is 6.66 Å². The molecule has 0 unspecified atom stereocenters. The van der Waals surface area contributed by atoms with Gasteiger partial charge >= 0.3 is 29.2 Å². The molecule has 5 rings (SSSR count). The Morgan fingerprint density at radius 2 is 0.614 bits per heavy atom. The summed E-state index contributed by atoms with van der Waals surface area (Å²) in [7, 11) is 2.81.